The number of carbonyl (C=O) groups excluding carboxylic acids is 2. The van der Waals surface area contributed by atoms with Gasteiger partial charge in [0.25, 0.3) is 5.91 Å². The maximum atomic E-state index is 12.4. The van der Waals surface area contributed by atoms with E-state index in [1.165, 1.54) is 5.56 Å². The highest BCUT2D eigenvalue weighted by atomic mass is 16.5. The zero-order valence-corrected chi connectivity index (χ0v) is 16.6. The predicted molar refractivity (Wildman–Crippen MR) is 110 cm³/mol. The first-order valence-corrected chi connectivity index (χ1v) is 10.0. The highest BCUT2D eigenvalue weighted by Gasteiger charge is 2.24. The first kappa shape index (κ1) is 19.2. The molecular weight excluding hydrogens is 366 g/mol. The molecule has 2 aromatic heterocycles. The van der Waals surface area contributed by atoms with Crippen LogP contribution in [0.15, 0.2) is 54.7 Å². The summed E-state index contributed by atoms with van der Waals surface area (Å²) in [5.41, 5.74) is 3.22. The minimum Gasteiger partial charge on any atom is -0.451 e. The van der Waals surface area contributed by atoms with Crippen molar-refractivity contribution in [3.8, 4) is 0 Å². The van der Waals surface area contributed by atoms with Crippen molar-refractivity contribution in [3.63, 3.8) is 0 Å². The molecule has 4 rings (SSSR count). The lowest BCUT2D eigenvalue weighted by atomic mass is 9.90. The summed E-state index contributed by atoms with van der Waals surface area (Å²) < 4.78 is 7.06. The molecule has 1 aliphatic rings. The molecule has 3 heterocycles. The van der Waals surface area contributed by atoms with Crippen LogP contribution >= 0.6 is 0 Å². The lowest BCUT2D eigenvalue weighted by molar-refractivity contribution is -0.135. The number of likely N-dealkylation sites (tertiary alicyclic amines) is 1. The van der Waals surface area contributed by atoms with E-state index in [2.05, 4.69) is 29.2 Å². The molecule has 0 aliphatic carbocycles. The number of esters is 1. The minimum absolute atomic E-state index is 0.142. The fourth-order valence-corrected chi connectivity index (χ4v) is 3.87. The lowest BCUT2D eigenvalue weighted by Crippen LogP contribution is -2.41. The Balaban J connectivity index is 1.26. The molecule has 0 bridgehead atoms. The highest BCUT2D eigenvalue weighted by molar-refractivity contribution is 5.90. The van der Waals surface area contributed by atoms with Crippen molar-refractivity contribution < 1.29 is 14.3 Å². The van der Waals surface area contributed by atoms with E-state index < -0.39 is 5.97 Å². The number of ether oxygens (including phenoxy) is 1. The summed E-state index contributed by atoms with van der Waals surface area (Å²) >= 11 is 0. The van der Waals surface area contributed by atoms with Crippen molar-refractivity contribution >= 4 is 17.5 Å². The van der Waals surface area contributed by atoms with E-state index in [4.69, 9.17) is 4.74 Å². The first-order valence-electron chi connectivity index (χ1n) is 10.0. The summed E-state index contributed by atoms with van der Waals surface area (Å²) in [6.07, 6.45) is 4.64. The topological polar surface area (TPSA) is 63.9 Å². The molecule has 1 aromatic carbocycles. The molecule has 0 N–H and O–H groups in total. The molecule has 1 amide bonds. The largest absolute Gasteiger partial charge is 0.451 e. The van der Waals surface area contributed by atoms with Gasteiger partial charge >= 0.3 is 5.97 Å². The van der Waals surface area contributed by atoms with Crippen molar-refractivity contribution in [1.29, 1.82) is 0 Å². The molecule has 0 unspecified atom stereocenters. The molecule has 6 heteroatoms. The zero-order valence-electron chi connectivity index (χ0n) is 16.6. The predicted octanol–water partition coefficient (Wildman–Crippen LogP) is 3.28. The Morgan fingerprint density at radius 3 is 2.55 bits per heavy atom. The summed E-state index contributed by atoms with van der Waals surface area (Å²) in [6, 6.07) is 16.1. The number of imidazole rings is 1. The monoisotopic (exact) mass is 391 g/mol. The van der Waals surface area contributed by atoms with E-state index in [-0.39, 0.29) is 18.2 Å². The van der Waals surface area contributed by atoms with Gasteiger partial charge in [0.1, 0.15) is 5.65 Å². The molecular formula is C23H25N3O3. The lowest BCUT2D eigenvalue weighted by Gasteiger charge is -2.32. The molecule has 29 heavy (non-hydrogen) atoms. The van der Waals surface area contributed by atoms with Crippen LogP contribution in [0.5, 0.6) is 0 Å². The van der Waals surface area contributed by atoms with Gasteiger partial charge in [-0.15, -0.1) is 0 Å². The number of amides is 1. The first-order chi connectivity index (χ1) is 14.1. The van der Waals surface area contributed by atoms with Crippen LogP contribution in [0.1, 0.15) is 34.6 Å². The summed E-state index contributed by atoms with van der Waals surface area (Å²) in [4.78, 5) is 30.8. The molecule has 150 valence electrons. The third-order valence-electron chi connectivity index (χ3n) is 5.57. The number of aromatic nitrogens is 2. The Bertz CT molecular complexity index is 1000. The van der Waals surface area contributed by atoms with Crippen molar-refractivity contribution in [1.82, 2.24) is 14.3 Å². The number of hydrogen-bond donors (Lipinski definition) is 0. The molecule has 0 saturated carbocycles. The molecule has 1 aliphatic heterocycles. The number of rotatable bonds is 5. The fourth-order valence-electron chi connectivity index (χ4n) is 3.87. The normalized spacial score (nSPS) is 14.9. The average molecular weight is 391 g/mol. The second kappa shape index (κ2) is 8.47. The summed E-state index contributed by atoms with van der Waals surface area (Å²) in [7, 11) is 0. The molecule has 0 spiro atoms. The van der Waals surface area contributed by atoms with Crippen LogP contribution in [-0.2, 0) is 16.0 Å². The number of hydrogen-bond acceptors (Lipinski definition) is 4. The summed E-state index contributed by atoms with van der Waals surface area (Å²) in [5.74, 6) is -0.123. The van der Waals surface area contributed by atoms with Crippen LogP contribution in [0.3, 0.4) is 0 Å². The van der Waals surface area contributed by atoms with E-state index in [1.807, 2.05) is 35.6 Å². The molecule has 1 saturated heterocycles. The van der Waals surface area contributed by atoms with Crippen LogP contribution in [0, 0.1) is 12.8 Å². The zero-order chi connectivity index (χ0) is 20.2. The van der Waals surface area contributed by atoms with Gasteiger partial charge in [0.05, 0.1) is 0 Å². The average Bonchev–Trinajstić information content (AvgIpc) is 3.19. The molecule has 6 nitrogen and oxygen atoms in total. The van der Waals surface area contributed by atoms with Gasteiger partial charge < -0.3 is 14.0 Å². The van der Waals surface area contributed by atoms with Gasteiger partial charge in [-0.1, -0.05) is 36.4 Å². The Morgan fingerprint density at radius 2 is 1.83 bits per heavy atom. The number of benzene rings is 1. The summed E-state index contributed by atoms with van der Waals surface area (Å²) in [6.45, 7) is 3.12. The highest BCUT2D eigenvalue weighted by Crippen LogP contribution is 2.21. The number of aryl methyl sites for hydroxylation is 1. The van der Waals surface area contributed by atoms with Crippen LogP contribution in [0.2, 0.25) is 0 Å². The smallest absolute Gasteiger partial charge is 0.359 e. The third-order valence-corrected chi connectivity index (χ3v) is 5.57. The number of pyridine rings is 1. The standard InChI is InChI=1S/C23H25N3O3/c1-17-6-5-9-21-24-20(15-26(17)21)23(28)29-16-22(27)25-12-10-19(11-13-25)14-18-7-3-2-4-8-18/h2-9,15,19H,10-14,16H2,1H3. The molecule has 3 aromatic rings. The van der Waals surface area contributed by atoms with E-state index in [0.29, 0.717) is 24.7 Å². The Kier molecular flexibility index (Phi) is 5.60. The Morgan fingerprint density at radius 1 is 1.07 bits per heavy atom. The number of nitrogens with zero attached hydrogens (tertiary/aromatic N) is 3. The quantitative estimate of drug-likeness (QED) is 0.626. The van der Waals surface area contributed by atoms with Gasteiger partial charge in [0.2, 0.25) is 0 Å². The van der Waals surface area contributed by atoms with Gasteiger partial charge in [-0.2, -0.15) is 0 Å². The Hall–Kier alpha value is -3.15. The number of fused-ring (bicyclic) bond motifs is 1. The van der Waals surface area contributed by atoms with Gasteiger partial charge in [-0.3, -0.25) is 4.79 Å². The van der Waals surface area contributed by atoms with Crippen molar-refractivity contribution in [2.75, 3.05) is 19.7 Å². The maximum Gasteiger partial charge on any atom is 0.359 e. The van der Waals surface area contributed by atoms with Gasteiger partial charge in [0.15, 0.2) is 12.3 Å². The second-order valence-corrected chi connectivity index (χ2v) is 7.61. The van der Waals surface area contributed by atoms with E-state index in [9.17, 15) is 9.59 Å². The maximum absolute atomic E-state index is 12.4. The van der Waals surface area contributed by atoms with Crippen molar-refractivity contribution in [3.05, 3.63) is 71.7 Å². The second-order valence-electron chi connectivity index (χ2n) is 7.61. The molecule has 1 fully saturated rings. The van der Waals surface area contributed by atoms with Gasteiger partial charge in [0, 0.05) is 25.0 Å². The third kappa shape index (κ3) is 4.47. The van der Waals surface area contributed by atoms with E-state index >= 15 is 0 Å². The molecule has 0 atom stereocenters. The SMILES string of the molecule is Cc1cccc2nc(C(=O)OCC(=O)N3CCC(Cc4ccccc4)CC3)cn12. The van der Waals surface area contributed by atoms with Crippen LogP contribution in [0.4, 0.5) is 0 Å². The van der Waals surface area contributed by atoms with Crippen LogP contribution in [-0.4, -0.2) is 45.9 Å². The number of carbonyl (C=O) groups is 2. The Labute approximate surface area is 170 Å². The van der Waals surface area contributed by atoms with E-state index in [1.54, 1.807) is 11.1 Å². The van der Waals surface area contributed by atoms with Gasteiger partial charge in [-0.05, 0) is 49.8 Å². The number of piperidine rings is 1. The van der Waals surface area contributed by atoms with Crippen LogP contribution in [0.25, 0.3) is 5.65 Å². The van der Waals surface area contributed by atoms with Crippen LogP contribution < -0.4 is 0 Å². The van der Waals surface area contributed by atoms with Gasteiger partial charge in [-0.25, -0.2) is 9.78 Å². The summed E-state index contributed by atoms with van der Waals surface area (Å²) in [5, 5.41) is 0. The van der Waals surface area contributed by atoms with Crippen molar-refractivity contribution in [2.45, 2.75) is 26.2 Å². The fraction of sp³-hybridized carbons (Fsp3) is 0.348. The van der Waals surface area contributed by atoms with Crippen molar-refractivity contribution in [2.24, 2.45) is 5.92 Å². The minimum atomic E-state index is -0.569. The van der Waals surface area contributed by atoms with E-state index in [0.717, 1.165) is 25.0 Å². The molecule has 0 radical (unpaired) electrons.